The predicted octanol–water partition coefficient (Wildman–Crippen LogP) is 1.65. The maximum absolute atomic E-state index is 12.3. The lowest BCUT2D eigenvalue weighted by molar-refractivity contribution is -0.384. The molecule has 122 valence electrons. The molecule has 0 radical (unpaired) electrons. The molecule has 1 aliphatic rings. The van der Waals surface area contributed by atoms with E-state index in [1.54, 1.807) is 0 Å². The summed E-state index contributed by atoms with van der Waals surface area (Å²) in [6, 6.07) is 4.95. The summed E-state index contributed by atoms with van der Waals surface area (Å²) >= 11 is 0. The number of nitrogens with zero attached hydrogens (tertiary/aromatic N) is 1. The van der Waals surface area contributed by atoms with Gasteiger partial charge in [-0.2, -0.15) is 0 Å². The van der Waals surface area contributed by atoms with E-state index in [0.29, 0.717) is 6.54 Å². The Balaban J connectivity index is 2.06. The van der Waals surface area contributed by atoms with Gasteiger partial charge >= 0.3 is 0 Å². The Morgan fingerprint density at radius 1 is 1.36 bits per heavy atom. The van der Waals surface area contributed by atoms with Gasteiger partial charge in [0, 0.05) is 24.7 Å². The molecule has 1 aromatic rings. The zero-order valence-electron chi connectivity index (χ0n) is 12.7. The number of hydrogen-bond acceptors (Lipinski definition) is 5. The van der Waals surface area contributed by atoms with E-state index in [4.69, 9.17) is 0 Å². The average Bonchev–Trinajstić information content (AvgIpc) is 2.46. The van der Waals surface area contributed by atoms with E-state index < -0.39 is 14.9 Å². The molecule has 1 heterocycles. The van der Waals surface area contributed by atoms with E-state index >= 15 is 0 Å². The van der Waals surface area contributed by atoms with Gasteiger partial charge in [0.25, 0.3) is 5.69 Å². The van der Waals surface area contributed by atoms with Gasteiger partial charge in [-0.15, -0.1) is 0 Å². The van der Waals surface area contributed by atoms with Crippen molar-refractivity contribution in [3.8, 4) is 0 Å². The van der Waals surface area contributed by atoms with E-state index in [1.807, 2.05) is 0 Å². The van der Waals surface area contributed by atoms with Crippen molar-refractivity contribution in [3.63, 3.8) is 0 Å². The number of sulfonamides is 1. The van der Waals surface area contributed by atoms with Crippen molar-refractivity contribution in [2.24, 2.45) is 5.41 Å². The minimum atomic E-state index is -3.66. The predicted molar refractivity (Wildman–Crippen MR) is 83.1 cm³/mol. The Hall–Kier alpha value is -1.51. The molecular weight excluding hydrogens is 306 g/mol. The first-order valence-electron chi connectivity index (χ1n) is 7.20. The van der Waals surface area contributed by atoms with E-state index in [-0.39, 0.29) is 22.0 Å². The summed E-state index contributed by atoms with van der Waals surface area (Å²) < 4.78 is 27.1. The highest BCUT2D eigenvalue weighted by Crippen LogP contribution is 2.29. The Bertz CT molecular complexity index is 641. The van der Waals surface area contributed by atoms with Gasteiger partial charge in [-0.1, -0.05) is 13.8 Å². The third-order valence-electron chi connectivity index (χ3n) is 4.17. The lowest BCUT2D eigenvalue weighted by Gasteiger charge is -2.39. The van der Waals surface area contributed by atoms with Gasteiger partial charge in [0.15, 0.2) is 0 Å². The van der Waals surface area contributed by atoms with Crippen molar-refractivity contribution in [3.05, 3.63) is 34.4 Å². The molecule has 22 heavy (non-hydrogen) atoms. The first-order chi connectivity index (χ1) is 10.2. The van der Waals surface area contributed by atoms with Gasteiger partial charge in [-0.3, -0.25) is 10.1 Å². The Kier molecular flexibility index (Phi) is 4.84. The topological polar surface area (TPSA) is 101 Å². The van der Waals surface area contributed by atoms with Crippen LogP contribution in [0.5, 0.6) is 0 Å². The monoisotopic (exact) mass is 327 g/mol. The van der Waals surface area contributed by atoms with Crippen LogP contribution in [0.2, 0.25) is 0 Å². The third kappa shape index (κ3) is 3.82. The maximum Gasteiger partial charge on any atom is 0.269 e. The van der Waals surface area contributed by atoms with E-state index in [2.05, 4.69) is 23.9 Å². The Morgan fingerprint density at radius 3 is 2.55 bits per heavy atom. The first-order valence-corrected chi connectivity index (χ1v) is 8.68. The first kappa shape index (κ1) is 16.9. The van der Waals surface area contributed by atoms with Crippen molar-refractivity contribution >= 4 is 15.7 Å². The number of nitro benzene ring substituents is 1. The standard InChI is InChI=1S/C14H21N3O4S/c1-14(2)8-3-9-15-13(14)10-16-22(20,21)12-6-4-11(5-7-12)17(18)19/h4-7,13,15-16H,3,8-10H2,1-2H3. The molecule has 2 rings (SSSR count). The minimum absolute atomic E-state index is 0.0241. The molecule has 0 aliphatic carbocycles. The highest BCUT2D eigenvalue weighted by atomic mass is 32.2. The molecule has 7 nitrogen and oxygen atoms in total. The second-order valence-corrected chi connectivity index (χ2v) is 7.97. The van der Waals surface area contributed by atoms with Crippen molar-refractivity contribution in [2.45, 2.75) is 37.6 Å². The van der Waals surface area contributed by atoms with Crippen LogP contribution in [0.25, 0.3) is 0 Å². The third-order valence-corrected chi connectivity index (χ3v) is 5.61. The summed E-state index contributed by atoms with van der Waals surface area (Å²) in [6.45, 7) is 5.41. The molecule has 1 atom stereocenters. The van der Waals surface area contributed by atoms with Crippen molar-refractivity contribution in [2.75, 3.05) is 13.1 Å². The van der Waals surface area contributed by atoms with Gasteiger partial charge in [0.05, 0.1) is 9.82 Å². The second kappa shape index (κ2) is 6.31. The van der Waals surface area contributed by atoms with Crippen LogP contribution in [0.4, 0.5) is 5.69 Å². The zero-order chi connectivity index (χ0) is 16.4. The summed E-state index contributed by atoms with van der Waals surface area (Å²) in [5.41, 5.74) is -0.106. The SMILES string of the molecule is CC1(C)CCCNC1CNS(=O)(=O)c1ccc([N+](=O)[O-])cc1. The maximum atomic E-state index is 12.3. The highest BCUT2D eigenvalue weighted by Gasteiger charge is 2.32. The molecule has 0 bridgehead atoms. The van der Waals surface area contributed by atoms with E-state index in [0.717, 1.165) is 19.4 Å². The van der Waals surface area contributed by atoms with E-state index in [9.17, 15) is 18.5 Å². The quantitative estimate of drug-likeness (QED) is 0.632. The van der Waals surface area contributed by atoms with Gasteiger partial charge < -0.3 is 5.32 Å². The molecule has 1 aliphatic heterocycles. The number of hydrogen-bond donors (Lipinski definition) is 2. The second-order valence-electron chi connectivity index (χ2n) is 6.20. The molecule has 0 amide bonds. The minimum Gasteiger partial charge on any atom is -0.312 e. The lowest BCUT2D eigenvalue weighted by Crippen LogP contribution is -2.52. The van der Waals surface area contributed by atoms with E-state index in [1.165, 1.54) is 24.3 Å². The summed E-state index contributed by atoms with van der Waals surface area (Å²) in [5, 5.41) is 13.9. The van der Waals surface area contributed by atoms with Crippen LogP contribution >= 0.6 is 0 Å². The number of non-ortho nitro benzene ring substituents is 1. The number of nitro groups is 1. The molecule has 1 fully saturated rings. The Morgan fingerprint density at radius 2 is 2.00 bits per heavy atom. The fourth-order valence-electron chi connectivity index (χ4n) is 2.64. The molecule has 1 unspecified atom stereocenters. The van der Waals surface area contributed by atoms with Crippen molar-refractivity contribution in [1.29, 1.82) is 0 Å². The zero-order valence-corrected chi connectivity index (χ0v) is 13.5. The summed E-state index contributed by atoms with van der Waals surface area (Å²) in [6.07, 6.45) is 2.13. The van der Waals surface area contributed by atoms with Gasteiger partial charge in [-0.25, -0.2) is 13.1 Å². The largest absolute Gasteiger partial charge is 0.312 e. The molecule has 8 heteroatoms. The summed E-state index contributed by atoms with van der Waals surface area (Å²) in [4.78, 5) is 10.1. The number of nitrogens with one attached hydrogen (secondary N) is 2. The van der Waals surface area contributed by atoms with Crippen LogP contribution in [0.15, 0.2) is 29.2 Å². The normalized spacial score (nSPS) is 21.5. The van der Waals surface area contributed by atoms with Crippen LogP contribution in [-0.2, 0) is 10.0 Å². The number of rotatable bonds is 5. The van der Waals surface area contributed by atoms with Crippen LogP contribution in [0.3, 0.4) is 0 Å². The molecule has 1 saturated heterocycles. The molecule has 0 saturated carbocycles. The number of benzene rings is 1. The molecular formula is C14H21N3O4S. The summed E-state index contributed by atoms with van der Waals surface area (Å²) in [7, 11) is -3.66. The number of piperidine rings is 1. The van der Waals surface area contributed by atoms with Crippen molar-refractivity contribution in [1.82, 2.24) is 10.0 Å². The van der Waals surface area contributed by atoms with Crippen LogP contribution in [0, 0.1) is 15.5 Å². The molecule has 1 aromatic carbocycles. The lowest BCUT2D eigenvalue weighted by atomic mass is 9.78. The molecule has 0 aromatic heterocycles. The van der Waals surface area contributed by atoms with Gasteiger partial charge in [0.1, 0.15) is 0 Å². The molecule has 2 N–H and O–H groups in total. The fraction of sp³-hybridized carbons (Fsp3) is 0.571. The fourth-order valence-corrected chi connectivity index (χ4v) is 3.69. The highest BCUT2D eigenvalue weighted by molar-refractivity contribution is 7.89. The van der Waals surface area contributed by atoms with Crippen molar-refractivity contribution < 1.29 is 13.3 Å². The van der Waals surface area contributed by atoms with Gasteiger partial charge in [0.2, 0.25) is 10.0 Å². The van der Waals surface area contributed by atoms with Crippen LogP contribution < -0.4 is 10.0 Å². The van der Waals surface area contributed by atoms with Crippen LogP contribution in [-0.4, -0.2) is 32.5 Å². The molecule has 0 spiro atoms. The van der Waals surface area contributed by atoms with Gasteiger partial charge in [-0.05, 0) is 36.9 Å². The smallest absolute Gasteiger partial charge is 0.269 e. The average molecular weight is 327 g/mol. The summed E-state index contributed by atoms with van der Waals surface area (Å²) in [5.74, 6) is 0. The Labute approximate surface area is 130 Å². The van der Waals surface area contributed by atoms with Crippen LogP contribution in [0.1, 0.15) is 26.7 Å².